The highest BCUT2D eigenvalue weighted by Crippen LogP contribution is 2.18. The van der Waals surface area contributed by atoms with Gasteiger partial charge in [0, 0.05) is 42.6 Å². The number of aromatic amines is 1. The third-order valence-electron chi connectivity index (χ3n) is 5.64. The van der Waals surface area contributed by atoms with Crippen molar-refractivity contribution in [3.05, 3.63) is 90.4 Å². The van der Waals surface area contributed by atoms with E-state index in [0.717, 1.165) is 16.1 Å². The van der Waals surface area contributed by atoms with Crippen molar-refractivity contribution in [2.45, 2.75) is 38.6 Å². The summed E-state index contributed by atoms with van der Waals surface area (Å²) in [4.78, 5) is 57.1. The van der Waals surface area contributed by atoms with Crippen molar-refractivity contribution in [2.75, 3.05) is 6.61 Å². The van der Waals surface area contributed by atoms with Crippen LogP contribution in [0.15, 0.2) is 79.1 Å². The number of benzene rings is 1. The zero-order valence-corrected chi connectivity index (χ0v) is 21.1. The van der Waals surface area contributed by atoms with Gasteiger partial charge in [-0.25, -0.2) is 9.80 Å². The Morgan fingerprint density at radius 1 is 1.05 bits per heavy atom. The van der Waals surface area contributed by atoms with Crippen LogP contribution < -0.4 is 11.2 Å². The lowest BCUT2D eigenvalue weighted by Gasteiger charge is -2.30. The molecule has 3 amide bonds. The number of carbonyl (C=O) groups is 4. The Labute approximate surface area is 220 Å². The summed E-state index contributed by atoms with van der Waals surface area (Å²) in [7, 11) is 0. The molecule has 2 heterocycles. The molecule has 0 spiro atoms. The Kier molecular flexibility index (Phi) is 10.3. The van der Waals surface area contributed by atoms with Gasteiger partial charge in [0.2, 0.25) is 11.8 Å². The molecule has 0 fully saturated rings. The lowest BCUT2D eigenvalue weighted by molar-refractivity contribution is -0.138. The van der Waals surface area contributed by atoms with Crippen LogP contribution in [0.3, 0.4) is 0 Å². The molecular weight excluding hydrogens is 486 g/mol. The number of rotatable bonds is 12. The van der Waals surface area contributed by atoms with Gasteiger partial charge >= 0.3 is 5.97 Å². The molecule has 38 heavy (non-hydrogen) atoms. The number of nitrogens with zero attached hydrogens (tertiary/aromatic N) is 2. The Bertz CT molecular complexity index is 1260. The van der Waals surface area contributed by atoms with Crippen LogP contribution >= 0.6 is 0 Å². The molecule has 3 aromatic rings. The van der Waals surface area contributed by atoms with Crippen LogP contribution in [0.1, 0.15) is 42.2 Å². The van der Waals surface area contributed by atoms with Crippen LogP contribution in [0.25, 0.3) is 11.3 Å². The van der Waals surface area contributed by atoms with Gasteiger partial charge in [0.15, 0.2) is 0 Å². The first-order chi connectivity index (χ1) is 18.4. The highest BCUT2D eigenvalue weighted by molar-refractivity contribution is 5.95. The monoisotopic (exact) mass is 517 g/mol. The van der Waals surface area contributed by atoms with E-state index in [1.54, 1.807) is 43.6 Å². The van der Waals surface area contributed by atoms with E-state index in [0.29, 0.717) is 12.1 Å². The number of hydrogen-bond donors (Lipinski definition) is 3. The number of H-pyrrole nitrogens is 1. The number of hydrogen-bond acceptors (Lipinski definition) is 6. The van der Waals surface area contributed by atoms with Crippen molar-refractivity contribution >= 4 is 23.7 Å². The van der Waals surface area contributed by atoms with Gasteiger partial charge in [0.25, 0.3) is 5.91 Å². The minimum Gasteiger partial charge on any atom is -0.463 e. The van der Waals surface area contributed by atoms with Gasteiger partial charge in [-0.1, -0.05) is 36.4 Å². The van der Waals surface area contributed by atoms with Gasteiger partial charge in [-0.2, -0.15) is 0 Å². The fourth-order valence-electron chi connectivity index (χ4n) is 3.73. The lowest BCUT2D eigenvalue weighted by Crippen LogP contribution is -2.51. The van der Waals surface area contributed by atoms with Crippen molar-refractivity contribution in [3.63, 3.8) is 0 Å². The Morgan fingerprint density at radius 3 is 2.47 bits per heavy atom. The number of aryl methyl sites for hydroxylation is 1. The predicted octanol–water partition coefficient (Wildman–Crippen LogP) is 2.94. The van der Waals surface area contributed by atoms with E-state index in [-0.39, 0.29) is 31.6 Å². The average Bonchev–Trinajstić information content (AvgIpc) is 3.42. The molecule has 0 saturated heterocycles. The van der Waals surface area contributed by atoms with Gasteiger partial charge < -0.3 is 15.5 Å². The maximum absolute atomic E-state index is 13.4. The van der Waals surface area contributed by atoms with E-state index in [9.17, 15) is 19.2 Å². The smallest absolute Gasteiger partial charge is 0.330 e. The van der Waals surface area contributed by atoms with Gasteiger partial charge in [0.05, 0.1) is 12.6 Å². The maximum atomic E-state index is 13.4. The van der Waals surface area contributed by atoms with E-state index in [4.69, 9.17) is 10.5 Å². The van der Waals surface area contributed by atoms with Crippen LogP contribution in [0.5, 0.6) is 0 Å². The summed E-state index contributed by atoms with van der Waals surface area (Å²) >= 11 is 0. The van der Waals surface area contributed by atoms with E-state index in [2.05, 4.69) is 15.4 Å². The number of nitrogens with one attached hydrogen (secondary N) is 2. The highest BCUT2D eigenvalue weighted by atomic mass is 16.5. The van der Waals surface area contributed by atoms with Crippen LogP contribution in [0.2, 0.25) is 0 Å². The van der Waals surface area contributed by atoms with Crippen LogP contribution in [0, 0.1) is 0 Å². The summed E-state index contributed by atoms with van der Waals surface area (Å²) in [5, 5.41) is 1.15. The van der Waals surface area contributed by atoms with Crippen molar-refractivity contribution in [2.24, 2.45) is 5.73 Å². The molecule has 0 aliphatic heterocycles. The standard InChI is InChI=1S/C28H31N5O5/c1-2-38-27(36)15-10-22(9-13-25(29)34)33(26(35)14-8-20-6-4-3-5-7-20)32-28(37)24-12-11-23(31-24)21-16-18-30-19-17-21/h3-7,10-12,15-19,22,31H,2,8-9,13-14H2,1H3,(H2,29,34)(H,32,37)/t22-/m0/s1. The largest absolute Gasteiger partial charge is 0.463 e. The zero-order chi connectivity index (χ0) is 27.3. The number of amides is 3. The maximum Gasteiger partial charge on any atom is 0.330 e. The minimum atomic E-state index is -0.825. The second-order valence-electron chi connectivity index (χ2n) is 8.40. The molecule has 198 valence electrons. The first-order valence-corrected chi connectivity index (χ1v) is 12.3. The van der Waals surface area contributed by atoms with Crippen molar-refractivity contribution in [1.29, 1.82) is 0 Å². The average molecular weight is 518 g/mol. The number of esters is 1. The van der Waals surface area contributed by atoms with Crippen LogP contribution in [-0.2, 0) is 25.5 Å². The second-order valence-corrected chi connectivity index (χ2v) is 8.40. The molecular formula is C28H31N5O5. The molecule has 10 nitrogen and oxygen atoms in total. The molecule has 4 N–H and O–H groups in total. The SMILES string of the molecule is CCOC(=O)C=C[C@H](CCC(N)=O)N(NC(=O)c1ccc(-c2ccncc2)[nH]1)C(=O)CCc1ccccc1. The molecule has 2 aromatic heterocycles. The molecule has 0 saturated carbocycles. The minimum absolute atomic E-state index is 0.0646. The van der Waals surface area contributed by atoms with E-state index < -0.39 is 29.7 Å². The normalized spacial score (nSPS) is 11.6. The van der Waals surface area contributed by atoms with Crippen LogP contribution in [0.4, 0.5) is 0 Å². The number of ether oxygens (including phenoxy) is 1. The molecule has 3 rings (SSSR count). The molecule has 1 aromatic carbocycles. The van der Waals surface area contributed by atoms with Crippen molar-refractivity contribution in [1.82, 2.24) is 20.4 Å². The summed E-state index contributed by atoms with van der Waals surface area (Å²) in [5.41, 5.74) is 10.7. The number of carbonyl (C=O) groups excluding carboxylic acids is 4. The summed E-state index contributed by atoms with van der Waals surface area (Å²) < 4.78 is 4.94. The molecule has 1 atom stereocenters. The van der Waals surface area contributed by atoms with Crippen LogP contribution in [-0.4, -0.2) is 51.3 Å². The predicted molar refractivity (Wildman–Crippen MR) is 141 cm³/mol. The Morgan fingerprint density at radius 2 is 1.79 bits per heavy atom. The van der Waals surface area contributed by atoms with E-state index in [1.807, 2.05) is 30.3 Å². The topological polar surface area (TPSA) is 147 Å². The molecule has 0 unspecified atom stereocenters. The third kappa shape index (κ3) is 8.44. The number of pyridine rings is 1. The Balaban J connectivity index is 1.85. The van der Waals surface area contributed by atoms with Crippen molar-refractivity contribution < 1.29 is 23.9 Å². The first-order valence-electron chi connectivity index (χ1n) is 12.3. The number of aromatic nitrogens is 2. The van der Waals surface area contributed by atoms with Gasteiger partial charge in [-0.15, -0.1) is 0 Å². The van der Waals surface area contributed by atoms with E-state index >= 15 is 0 Å². The van der Waals surface area contributed by atoms with Crippen molar-refractivity contribution in [3.8, 4) is 11.3 Å². The lowest BCUT2D eigenvalue weighted by atomic mass is 10.1. The molecule has 0 aliphatic carbocycles. The van der Waals surface area contributed by atoms with Gasteiger partial charge in [-0.05, 0) is 49.6 Å². The zero-order valence-electron chi connectivity index (χ0n) is 21.1. The quantitative estimate of drug-likeness (QED) is 0.191. The summed E-state index contributed by atoms with van der Waals surface area (Å²) in [5.74, 6) is -2.14. The molecule has 0 bridgehead atoms. The fourth-order valence-corrected chi connectivity index (χ4v) is 3.73. The Hall–Kier alpha value is -4.73. The summed E-state index contributed by atoms with van der Waals surface area (Å²) in [6, 6.07) is 15.6. The number of nitrogens with two attached hydrogens (primary N) is 1. The van der Waals surface area contributed by atoms with Gasteiger partial charge in [-0.3, -0.25) is 24.8 Å². The molecule has 0 radical (unpaired) electrons. The first kappa shape index (κ1) is 27.9. The van der Waals surface area contributed by atoms with Gasteiger partial charge in [0.1, 0.15) is 5.69 Å². The van der Waals surface area contributed by atoms with E-state index in [1.165, 1.54) is 12.2 Å². The summed E-state index contributed by atoms with van der Waals surface area (Å²) in [6.45, 7) is 1.85. The molecule has 10 heteroatoms. The fraction of sp³-hybridized carbons (Fsp3) is 0.250. The second kappa shape index (κ2) is 14.1. The third-order valence-corrected chi connectivity index (χ3v) is 5.64. The number of primary amides is 1. The highest BCUT2D eigenvalue weighted by Gasteiger charge is 2.25. The number of hydrazine groups is 1. The summed E-state index contributed by atoms with van der Waals surface area (Å²) in [6.07, 6.45) is 6.43. The molecule has 0 aliphatic rings.